The highest BCUT2D eigenvalue weighted by Gasteiger charge is 2.56. The van der Waals surface area contributed by atoms with Crippen molar-refractivity contribution in [3.05, 3.63) is 0 Å². The fraction of sp³-hybridized carbons (Fsp3) is 0.667. The third kappa shape index (κ3) is 1.82. The zero-order chi connectivity index (χ0) is 10.2. The summed E-state index contributed by atoms with van der Waals surface area (Å²) >= 11 is 0. The Morgan fingerprint density at radius 1 is 1.08 bits per heavy atom. The van der Waals surface area contributed by atoms with Gasteiger partial charge in [-0.1, -0.05) is 0 Å². The fourth-order valence-electron chi connectivity index (χ4n) is 0.307. The van der Waals surface area contributed by atoms with E-state index in [0.717, 1.165) is 0 Å². The van der Waals surface area contributed by atoms with Crippen LogP contribution in [-0.4, -0.2) is 30.8 Å². The molecule has 9 heteroatoms. The largest absolute Gasteiger partial charge is 0.350 e. The lowest BCUT2D eigenvalue weighted by molar-refractivity contribution is -0.108. The van der Waals surface area contributed by atoms with Gasteiger partial charge in [0.05, 0.1) is 0 Å². The first-order valence-electron chi connectivity index (χ1n) is 2.64. The van der Waals surface area contributed by atoms with Gasteiger partial charge in [-0.2, -0.15) is 0 Å². The normalized spacial score (nSPS) is 14.4. The molecule has 0 saturated heterocycles. The maximum absolute atomic E-state index is 10.5. The molecule has 0 aromatic rings. The topological polar surface area (TPSA) is 132 Å². The lowest BCUT2D eigenvalue weighted by Gasteiger charge is -2.24. The Balaban J connectivity index is 5.40. The first-order valence-corrected chi connectivity index (χ1v) is 5.86. The molecular formula is C3H8O7P2. The molecule has 0 aromatic carbocycles. The van der Waals surface area contributed by atoms with Crippen molar-refractivity contribution < 1.29 is 33.5 Å². The molecule has 0 heterocycles. The smallest absolute Gasteiger partial charge is 0.323 e. The van der Waals surface area contributed by atoms with Gasteiger partial charge >= 0.3 is 15.2 Å². The third-order valence-electron chi connectivity index (χ3n) is 1.40. The number of hydrogen-bond acceptors (Lipinski definition) is 3. The highest BCUT2D eigenvalue weighted by atomic mass is 31.2. The molecule has 0 aliphatic rings. The van der Waals surface area contributed by atoms with E-state index in [9.17, 15) is 13.9 Å². The van der Waals surface area contributed by atoms with Gasteiger partial charge in [0.1, 0.15) is 6.29 Å². The van der Waals surface area contributed by atoms with Crippen molar-refractivity contribution in [3.63, 3.8) is 0 Å². The fourth-order valence-corrected chi connectivity index (χ4v) is 1.94. The van der Waals surface area contributed by atoms with Crippen molar-refractivity contribution in [3.8, 4) is 0 Å². The summed E-state index contributed by atoms with van der Waals surface area (Å²) in [6, 6.07) is 0. The molecule has 0 amide bonds. The van der Waals surface area contributed by atoms with Gasteiger partial charge in [0, 0.05) is 0 Å². The minimum absolute atomic E-state index is 0.422. The Kier molecular flexibility index (Phi) is 3.02. The average molecular weight is 218 g/mol. The second-order valence-corrected chi connectivity index (χ2v) is 6.69. The van der Waals surface area contributed by atoms with Crippen LogP contribution in [0.2, 0.25) is 0 Å². The second-order valence-electron chi connectivity index (χ2n) is 2.30. The Hall–Kier alpha value is -0.0300. The predicted octanol–water partition coefficient (Wildman–Crippen LogP) is -0.743. The summed E-state index contributed by atoms with van der Waals surface area (Å²) in [5.74, 6) is 0. The molecule has 12 heavy (non-hydrogen) atoms. The summed E-state index contributed by atoms with van der Waals surface area (Å²) in [6.45, 7) is 0.515. The van der Waals surface area contributed by atoms with Crippen LogP contribution in [0.5, 0.6) is 0 Å². The molecule has 72 valence electrons. The lowest BCUT2D eigenvalue weighted by Crippen LogP contribution is -2.26. The van der Waals surface area contributed by atoms with Crippen LogP contribution in [0.15, 0.2) is 0 Å². The summed E-state index contributed by atoms with van der Waals surface area (Å²) < 4.78 is 21.0. The van der Waals surface area contributed by atoms with Gasteiger partial charge in [0.15, 0.2) is 0 Å². The Bertz CT molecular complexity index is 248. The van der Waals surface area contributed by atoms with Crippen molar-refractivity contribution in [2.45, 2.75) is 11.8 Å². The third-order valence-corrected chi connectivity index (χ3v) is 5.54. The zero-order valence-electron chi connectivity index (χ0n) is 5.99. The minimum Gasteiger partial charge on any atom is -0.323 e. The summed E-state index contributed by atoms with van der Waals surface area (Å²) in [5.41, 5.74) is 0. The van der Waals surface area contributed by atoms with E-state index in [1.807, 2.05) is 0 Å². The predicted molar refractivity (Wildman–Crippen MR) is 38.6 cm³/mol. The Morgan fingerprint density at radius 3 is 1.33 bits per heavy atom. The number of carbonyl (C=O) groups is 1. The van der Waals surface area contributed by atoms with Crippen LogP contribution in [0, 0.1) is 0 Å². The van der Waals surface area contributed by atoms with Crippen LogP contribution in [0.25, 0.3) is 0 Å². The number of rotatable bonds is 3. The van der Waals surface area contributed by atoms with Crippen LogP contribution >= 0.6 is 15.2 Å². The van der Waals surface area contributed by atoms with Gasteiger partial charge in [-0.3, -0.25) is 9.13 Å². The molecule has 0 bridgehead atoms. The molecule has 4 N–H and O–H groups in total. The molecule has 0 aliphatic heterocycles. The molecule has 0 aliphatic carbocycles. The van der Waals surface area contributed by atoms with E-state index in [0.29, 0.717) is 6.92 Å². The van der Waals surface area contributed by atoms with Crippen molar-refractivity contribution in [2.75, 3.05) is 0 Å². The van der Waals surface area contributed by atoms with E-state index in [1.54, 1.807) is 0 Å². The van der Waals surface area contributed by atoms with Crippen LogP contribution in [0.3, 0.4) is 0 Å². The molecule has 0 fully saturated rings. The highest BCUT2D eigenvalue weighted by molar-refractivity contribution is 7.73. The molecule has 7 nitrogen and oxygen atoms in total. The lowest BCUT2D eigenvalue weighted by atomic mass is 10.5. The van der Waals surface area contributed by atoms with E-state index in [-0.39, 0.29) is 0 Å². The molecule has 0 unspecified atom stereocenters. The SMILES string of the molecule is CC(C=O)(P(=O)(O)O)P(=O)(O)O. The van der Waals surface area contributed by atoms with E-state index in [2.05, 4.69) is 0 Å². The zero-order valence-corrected chi connectivity index (χ0v) is 7.77. The first kappa shape index (κ1) is 12.0. The van der Waals surface area contributed by atoms with Crippen LogP contribution in [-0.2, 0) is 13.9 Å². The van der Waals surface area contributed by atoms with Crippen LogP contribution < -0.4 is 0 Å². The van der Waals surface area contributed by atoms with Crippen molar-refractivity contribution in [1.29, 1.82) is 0 Å². The summed E-state index contributed by atoms with van der Waals surface area (Å²) in [4.78, 5) is 41.0. The molecule has 0 saturated carbocycles. The van der Waals surface area contributed by atoms with Crippen LogP contribution in [0.4, 0.5) is 0 Å². The number of hydrogen-bond donors (Lipinski definition) is 4. The standard InChI is InChI=1S/C3H8O7P2/c1-3(2-4,11(5,6)7)12(8,9)10/h2H,1H3,(H2,5,6,7)(H2,8,9,10). The van der Waals surface area contributed by atoms with E-state index < -0.39 is 26.4 Å². The molecule has 0 radical (unpaired) electrons. The second kappa shape index (κ2) is 3.03. The summed E-state index contributed by atoms with van der Waals surface area (Å²) in [7, 11) is -10.3. The highest BCUT2D eigenvalue weighted by Crippen LogP contribution is 2.67. The maximum atomic E-state index is 10.5. The Labute approximate surface area is 67.7 Å². The average Bonchev–Trinajstić information content (AvgIpc) is 1.81. The van der Waals surface area contributed by atoms with Crippen molar-refractivity contribution >= 4 is 21.5 Å². The van der Waals surface area contributed by atoms with Crippen molar-refractivity contribution in [1.82, 2.24) is 0 Å². The van der Waals surface area contributed by atoms with E-state index in [4.69, 9.17) is 19.6 Å². The number of aldehydes is 1. The minimum atomic E-state index is -5.14. The van der Waals surface area contributed by atoms with Gasteiger partial charge in [0.25, 0.3) is 0 Å². The number of carbonyl (C=O) groups excluding carboxylic acids is 1. The van der Waals surface area contributed by atoms with E-state index in [1.165, 1.54) is 0 Å². The maximum Gasteiger partial charge on any atom is 0.350 e. The quantitative estimate of drug-likeness (QED) is 0.362. The van der Waals surface area contributed by atoms with Crippen LogP contribution in [0.1, 0.15) is 6.92 Å². The summed E-state index contributed by atoms with van der Waals surface area (Å²) in [6.07, 6.45) is -0.422. The van der Waals surface area contributed by atoms with Gasteiger partial charge in [-0.25, -0.2) is 0 Å². The van der Waals surface area contributed by atoms with Gasteiger partial charge < -0.3 is 24.4 Å². The molecular weight excluding hydrogens is 210 g/mol. The van der Waals surface area contributed by atoms with Gasteiger partial charge in [-0.15, -0.1) is 0 Å². The molecule has 0 atom stereocenters. The molecule has 0 spiro atoms. The first-order chi connectivity index (χ1) is 5.06. The molecule has 0 rings (SSSR count). The monoisotopic (exact) mass is 218 g/mol. The van der Waals surface area contributed by atoms with E-state index >= 15 is 0 Å². The molecule has 0 aromatic heterocycles. The summed E-state index contributed by atoms with van der Waals surface area (Å²) in [5, 5.41) is 0. The Morgan fingerprint density at radius 2 is 1.33 bits per heavy atom. The van der Waals surface area contributed by atoms with Gasteiger partial charge in [0.2, 0.25) is 4.90 Å². The van der Waals surface area contributed by atoms with Crippen molar-refractivity contribution in [2.24, 2.45) is 0 Å². The van der Waals surface area contributed by atoms with Gasteiger partial charge in [-0.05, 0) is 6.92 Å².